The van der Waals surface area contributed by atoms with Crippen LogP contribution >= 0.6 is 15.9 Å². The standard InChI is InChI=1S/C15H16BrN3O/c16-13-6-3-12(4-7-13)5-8-15(20)19-9-1-2-14-17-10-11-18-14/h3-8,10-11H,1-2,9H2,(H,17,18)(H,19,20)/b8-5+. The van der Waals surface area contributed by atoms with Gasteiger partial charge in [0, 0.05) is 35.9 Å². The number of amides is 1. The molecular formula is C15H16BrN3O. The number of aromatic nitrogens is 2. The molecule has 4 nitrogen and oxygen atoms in total. The molecule has 0 spiro atoms. The van der Waals surface area contributed by atoms with Crippen molar-refractivity contribution < 1.29 is 4.79 Å². The highest BCUT2D eigenvalue weighted by atomic mass is 79.9. The van der Waals surface area contributed by atoms with Crippen LogP contribution in [0.25, 0.3) is 6.08 Å². The molecule has 1 aromatic carbocycles. The van der Waals surface area contributed by atoms with Gasteiger partial charge in [-0.05, 0) is 30.2 Å². The summed E-state index contributed by atoms with van der Waals surface area (Å²) in [5.74, 6) is 0.872. The van der Waals surface area contributed by atoms with E-state index in [1.165, 1.54) is 0 Å². The van der Waals surface area contributed by atoms with E-state index in [-0.39, 0.29) is 5.91 Å². The lowest BCUT2D eigenvalue weighted by atomic mass is 10.2. The van der Waals surface area contributed by atoms with Crippen LogP contribution < -0.4 is 5.32 Å². The van der Waals surface area contributed by atoms with Gasteiger partial charge in [0.05, 0.1) is 0 Å². The van der Waals surface area contributed by atoms with Gasteiger partial charge in [0.2, 0.25) is 5.91 Å². The number of hydrogen-bond donors (Lipinski definition) is 2. The van der Waals surface area contributed by atoms with Crippen LogP contribution in [0.5, 0.6) is 0 Å². The molecule has 0 aliphatic carbocycles. The molecule has 5 heteroatoms. The fourth-order valence-corrected chi connectivity index (χ4v) is 1.97. The molecule has 2 rings (SSSR count). The Hall–Kier alpha value is -1.88. The summed E-state index contributed by atoms with van der Waals surface area (Å²) in [6, 6.07) is 7.79. The number of hydrogen-bond acceptors (Lipinski definition) is 2. The number of halogens is 1. The van der Waals surface area contributed by atoms with Crippen LogP contribution in [-0.4, -0.2) is 22.4 Å². The Morgan fingerprint density at radius 2 is 2.15 bits per heavy atom. The minimum Gasteiger partial charge on any atom is -0.353 e. The van der Waals surface area contributed by atoms with Gasteiger partial charge in [-0.1, -0.05) is 28.1 Å². The van der Waals surface area contributed by atoms with Crippen molar-refractivity contribution in [1.82, 2.24) is 15.3 Å². The van der Waals surface area contributed by atoms with Gasteiger partial charge in [0.25, 0.3) is 0 Å². The Bertz CT molecular complexity index is 561. The molecule has 0 radical (unpaired) electrons. The van der Waals surface area contributed by atoms with Crippen molar-refractivity contribution in [3.63, 3.8) is 0 Å². The minimum absolute atomic E-state index is 0.0765. The molecule has 20 heavy (non-hydrogen) atoms. The third-order valence-electron chi connectivity index (χ3n) is 2.74. The third-order valence-corrected chi connectivity index (χ3v) is 3.27. The fourth-order valence-electron chi connectivity index (χ4n) is 1.71. The average molecular weight is 334 g/mol. The van der Waals surface area contributed by atoms with Crippen molar-refractivity contribution in [3.8, 4) is 0 Å². The lowest BCUT2D eigenvalue weighted by Crippen LogP contribution is -2.22. The van der Waals surface area contributed by atoms with Crippen molar-refractivity contribution in [2.75, 3.05) is 6.54 Å². The SMILES string of the molecule is O=C(/C=C/c1ccc(Br)cc1)NCCCc1ncc[nH]1. The quantitative estimate of drug-likeness (QED) is 0.630. The first-order valence-electron chi connectivity index (χ1n) is 6.44. The van der Waals surface area contributed by atoms with Crippen LogP contribution in [0.3, 0.4) is 0 Å². The van der Waals surface area contributed by atoms with Crippen LogP contribution in [0.1, 0.15) is 17.8 Å². The molecule has 2 aromatic rings. The highest BCUT2D eigenvalue weighted by Crippen LogP contribution is 2.11. The van der Waals surface area contributed by atoms with Gasteiger partial charge in [-0.25, -0.2) is 4.98 Å². The Morgan fingerprint density at radius 3 is 2.85 bits per heavy atom. The monoisotopic (exact) mass is 333 g/mol. The summed E-state index contributed by atoms with van der Waals surface area (Å²) < 4.78 is 1.03. The Balaban J connectivity index is 1.68. The summed E-state index contributed by atoms with van der Waals surface area (Å²) in [7, 11) is 0. The number of nitrogens with one attached hydrogen (secondary N) is 2. The maximum atomic E-state index is 11.6. The highest BCUT2D eigenvalue weighted by molar-refractivity contribution is 9.10. The molecule has 104 valence electrons. The molecule has 1 heterocycles. The van der Waals surface area contributed by atoms with Gasteiger partial charge in [-0.3, -0.25) is 4.79 Å². The van der Waals surface area contributed by atoms with Gasteiger partial charge in [0.15, 0.2) is 0 Å². The van der Waals surface area contributed by atoms with E-state index in [0.29, 0.717) is 6.54 Å². The topological polar surface area (TPSA) is 57.8 Å². The van der Waals surface area contributed by atoms with Crippen LogP contribution in [0.15, 0.2) is 47.2 Å². The van der Waals surface area contributed by atoms with E-state index in [1.54, 1.807) is 24.5 Å². The minimum atomic E-state index is -0.0765. The molecule has 1 aromatic heterocycles. The van der Waals surface area contributed by atoms with Gasteiger partial charge >= 0.3 is 0 Å². The second kappa shape index (κ2) is 7.65. The van der Waals surface area contributed by atoms with Gasteiger partial charge < -0.3 is 10.3 Å². The molecule has 1 amide bonds. The largest absolute Gasteiger partial charge is 0.353 e. The fraction of sp³-hybridized carbons (Fsp3) is 0.200. The maximum absolute atomic E-state index is 11.6. The summed E-state index contributed by atoms with van der Waals surface area (Å²) >= 11 is 3.37. The highest BCUT2D eigenvalue weighted by Gasteiger charge is 1.97. The van der Waals surface area contributed by atoms with E-state index in [9.17, 15) is 4.79 Å². The first-order chi connectivity index (χ1) is 9.74. The molecule has 0 fully saturated rings. The van der Waals surface area contributed by atoms with Gasteiger partial charge in [0.1, 0.15) is 5.82 Å². The smallest absolute Gasteiger partial charge is 0.243 e. The predicted octanol–water partition coefficient (Wildman–Crippen LogP) is 2.93. The van der Waals surface area contributed by atoms with Gasteiger partial charge in [-0.2, -0.15) is 0 Å². The lowest BCUT2D eigenvalue weighted by Gasteiger charge is -2.01. The Labute approximate surface area is 126 Å². The van der Waals surface area contributed by atoms with E-state index >= 15 is 0 Å². The number of aryl methyl sites for hydroxylation is 1. The molecule has 0 atom stereocenters. The number of H-pyrrole nitrogens is 1. The zero-order chi connectivity index (χ0) is 14.2. The summed E-state index contributed by atoms with van der Waals surface area (Å²) in [4.78, 5) is 18.8. The van der Waals surface area contributed by atoms with Crippen LogP contribution in [-0.2, 0) is 11.2 Å². The number of rotatable bonds is 6. The third kappa shape index (κ3) is 5.01. The van der Waals surface area contributed by atoms with Crippen molar-refractivity contribution in [2.45, 2.75) is 12.8 Å². The summed E-state index contributed by atoms with van der Waals surface area (Å²) in [6.45, 7) is 0.643. The first-order valence-corrected chi connectivity index (χ1v) is 7.23. The number of carbonyl (C=O) groups is 1. The number of imidazole rings is 1. The molecule has 0 aliphatic heterocycles. The zero-order valence-electron chi connectivity index (χ0n) is 11.0. The molecule has 0 bridgehead atoms. The molecule has 2 N–H and O–H groups in total. The number of aromatic amines is 1. The number of carbonyl (C=O) groups excluding carboxylic acids is 1. The molecule has 0 saturated carbocycles. The second-order valence-electron chi connectivity index (χ2n) is 4.32. The Kier molecular flexibility index (Phi) is 5.55. The van der Waals surface area contributed by atoms with Gasteiger partial charge in [-0.15, -0.1) is 0 Å². The summed E-state index contributed by atoms with van der Waals surface area (Å²) in [6.07, 6.45) is 8.59. The molecule has 0 unspecified atom stereocenters. The Morgan fingerprint density at radius 1 is 1.35 bits per heavy atom. The normalized spacial score (nSPS) is 10.8. The van der Waals surface area contributed by atoms with Crippen molar-refractivity contribution >= 4 is 27.9 Å². The molecular weight excluding hydrogens is 318 g/mol. The van der Waals surface area contributed by atoms with Crippen LogP contribution in [0.2, 0.25) is 0 Å². The van der Waals surface area contributed by atoms with Crippen molar-refractivity contribution in [3.05, 3.63) is 58.6 Å². The van der Waals surface area contributed by atoms with Crippen LogP contribution in [0.4, 0.5) is 0 Å². The van der Waals surface area contributed by atoms with E-state index in [2.05, 4.69) is 31.2 Å². The average Bonchev–Trinajstić information content (AvgIpc) is 2.96. The number of nitrogens with zero attached hydrogens (tertiary/aromatic N) is 1. The number of benzene rings is 1. The van der Waals surface area contributed by atoms with Crippen molar-refractivity contribution in [2.24, 2.45) is 0 Å². The molecule has 0 aliphatic rings. The first kappa shape index (κ1) is 14.5. The van der Waals surface area contributed by atoms with E-state index < -0.39 is 0 Å². The van der Waals surface area contributed by atoms with E-state index in [1.807, 2.05) is 24.3 Å². The van der Waals surface area contributed by atoms with Crippen molar-refractivity contribution in [1.29, 1.82) is 0 Å². The summed E-state index contributed by atoms with van der Waals surface area (Å²) in [5.41, 5.74) is 0.999. The van der Waals surface area contributed by atoms with Crippen LogP contribution in [0, 0.1) is 0 Å². The summed E-state index contributed by atoms with van der Waals surface area (Å²) in [5, 5.41) is 2.85. The molecule has 0 saturated heterocycles. The predicted molar refractivity (Wildman–Crippen MR) is 83.1 cm³/mol. The van der Waals surface area contributed by atoms with E-state index in [0.717, 1.165) is 28.7 Å². The lowest BCUT2D eigenvalue weighted by molar-refractivity contribution is -0.116. The second-order valence-corrected chi connectivity index (χ2v) is 5.23. The maximum Gasteiger partial charge on any atom is 0.243 e. The zero-order valence-corrected chi connectivity index (χ0v) is 12.6. The van der Waals surface area contributed by atoms with E-state index in [4.69, 9.17) is 0 Å².